The quantitative estimate of drug-likeness (QED) is 0.529. The first-order chi connectivity index (χ1) is 11.8. The molecular weight excluding hydrogens is 314 g/mol. The molecule has 2 aliphatic heterocycles. The highest BCUT2D eigenvalue weighted by Gasteiger charge is 2.37. The molecule has 2 aromatic rings. The van der Waals surface area contributed by atoms with Gasteiger partial charge in [-0.05, 0) is 59.2 Å². The van der Waals surface area contributed by atoms with Crippen LogP contribution in [-0.2, 0) is 4.84 Å². The summed E-state index contributed by atoms with van der Waals surface area (Å²) in [6.07, 6.45) is 4.66. The van der Waals surface area contributed by atoms with Crippen LogP contribution < -0.4 is 0 Å². The van der Waals surface area contributed by atoms with E-state index in [1.54, 1.807) is 7.11 Å². The first-order valence-electron chi connectivity index (χ1n) is 8.78. The van der Waals surface area contributed by atoms with Gasteiger partial charge in [0.1, 0.15) is 7.11 Å². The summed E-state index contributed by atoms with van der Waals surface area (Å²) in [5.41, 5.74) is 5.41. The van der Waals surface area contributed by atoms with Gasteiger partial charge in [-0.2, -0.15) is 0 Å². The molecule has 2 aromatic carbocycles. The number of hydrogen-bond acceptors (Lipinski definition) is 3. The molecule has 0 spiro atoms. The molecule has 1 fully saturated rings. The van der Waals surface area contributed by atoms with Crippen LogP contribution in [0.25, 0.3) is 16.3 Å². The maximum atomic E-state index is 5.15. The van der Waals surface area contributed by atoms with Crippen molar-refractivity contribution in [3.8, 4) is 0 Å². The summed E-state index contributed by atoms with van der Waals surface area (Å²) in [4.78, 5) is 5.15. The van der Waals surface area contributed by atoms with Crippen LogP contribution in [-0.4, -0.2) is 23.3 Å². The third kappa shape index (κ3) is 2.75. The van der Waals surface area contributed by atoms with E-state index in [0.29, 0.717) is 5.25 Å². The monoisotopic (exact) mass is 337 g/mol. The van der Waals surface area contributed by atoms with Gasteiger partial charge in [-0.3, -0.25) is 0 Å². The van der Waals surface area contributed by atoms with Crippen molar-refractivity contribution in [3.05, 3.63) is 53.6 Å². The smallest absolute Gasteiger partial charge is 0.106 e. The van der Waals surface area contributed by atoms with Crippen molar-refractivity contribution in [2.75, 3.05) is 7.11 Å². The number of allylic oxidation sites excluding steroid dienone is 1. The Morgan fingerprint density at radius 1 is 1.17 bits per heavy atom. The fourth-order valence-corrected chi connectivity index (χ4v) is 5.71. The van der Waals surface area contributed by atoms with Gasteiger partial charge in [0.25, 0.3) is 0 Å². The van der Waals surface area contributed by atoms with Crippen LogP contribution in [0.4, 0.5) is 0 Å². The van der Waals surface area contributed by atoms with E-state index in [0.717, 1.165) is 23.8 Å². The minimum absolute atomic E-state index is 0.582. The van der Waals surface area contributed by atoms with Crippen molar-refractivity contribution >= 4 is 33.8 Å². The first-order valence-corrected chi connectivity index (χ1v) is 9.72. The van der Waals surface area contributed by atoms with E-state index in [4.69, 9.17) is 4.84 Å². The summed E-state index contributed by atoms with van der Waals surface area (Å²) in [7, 11) is 1.65. The lowest BCUT2D eigenvalue weighted by molar-refractivity contribution is 0.213. The third-order valence-electron chi connectivity index (χ3n) is 5.13. The number of oxime groups is 1. The van der Waals surface area contributed by atoms with Crippen molar-refractivity contribution < 1.29 is 4.84 Å². The molecule has 2 unspecified atom stereocenters. The molecule has 2 bridgehead atoms. The normalized spacial score (nSPS) is 23.8. The summed E-state index contributed by atoms with van der Waals surface area (Å²) in [5.74, 6) is 0. The van der Waals surface area contributed by atoms with Gasteiger partial charge in [0.15, 0.2) is 0 Å². The summed E-state index contributed by atoms with van der Waals surface area (Å²) in [6.45, 7) is 2.18. The fourth-order valence-electron chi connectivity index (χ4n) is 4.02. The molecule has 4 rings (SSSR count). The van der Waals surface area contributed by atoms with Crippen LogP contribution in [0.15, 0.2) is 53.2 Å². The maximum absolute atomic E-state index is 5.15. The Morgan fingerprint density at radius 2 is 2.00 bits per heavy atom. The van der Waals surface area contributed by atoms with E-state index in [1.807, 2.05) is 0 Å². The molecule has 2 nitrogen and oxygen atoms in total. The molecule has 1 saturated heterocycles. The van der Waals surface area contributed by atoms with E-state index < -0.39 is 0 Å². The van der Waals surface area contributed by atoms with Crippen LogP contribution in [0, 0.1) is 0 Å². The molecule has 0 saturated carbocycles. The minimum atomic E-state index is 0.582. The Kier molecular flexibility index (Phi) is 4.36. The van der Waals surface area contributed by atoms with Gasteiger partial charge in [0, 0.05) is 10.5 Å². The van der Waals surface area contributed by atoms with Gasteiger partial charge >= 0.3 is 0 Å². The van der Waals surface area contributed by atoms with Gasteiger partial charge in [0.05, 0.1) is 5.71 Å². The number of fused-ring (bicyclic) bond motifs is 3. The van der Waals surface area contributed by atoms with Gasteiger partial charge in [0.2, 0.25) is 0 Å². The Morgan fingerprint density at radius 3 is 2.79 bits per heavy atom. The van der Waals surface area contributed by atoms with Crippen LogP contribution in [0.1, 0.15) is 38.2 Å². The molecule has 0 radical (unpaired) electrons. The molecule has 0 N–H and O–H groups in total. The van der Waals surface area contributed by atoms with Crippen molar-refractivity contribution in [1.29, 1.82) is 0 Å². The van der Waals surface area contributed by atoms with E-state index in [9.17, 15) is 0 Å². The molecule has 3 heteroatoms. The highest BCUT2D eigenvalue weighted by atomic mass is 32.2. The predicted molar refractivity (Wildman–Crippen MR) is 105 cm³/mol. The van der Waals surface area contributed by atoms with Crippen molar-refractivity contribution in [3.63, 3.8) is 0 Å². The minimum Gasteiger partial charge on any atom is -0.399 e. The lowest BCUT2D eigenvalue weighted by Crippen LogP contribution is -2.19. The molecule has 2 atom stereocenters. The number of hydrogen-bond donors (Lipinski definition) is 0. The number of thioether (sulfide) groups is 1. The summed E-state index contributed by atoms with van der Waals surface area (Å²) >= 11 is 2.14. The summed E-state index contributed by atoms with van der Waals surface area (Å²) < 4.78 is 0. The highest BCUT2D eigenvalue weighted by molar-refractivity contribution is 8.01. The number of nitrogens with zero attached hydrogens (tertiary/aromatic N) is 1. The van der Waals surface area contributed by atoms with Gasteiger partial charge in [-0.1, -0.05) is 48.5 Å². The second kappa shape index (κ2) is 6.64. The average Bonchev–Trinajstić information content (AvgIpc) is 3.01. The van der Waals surface area contributed by atoms with Crippen molar-refractivity contribution in [2.45, 2.75) is 43.1 Å². The molecule has 2 aliphatic rings. The largest absolute Gasteiger partial charge is 0.399 e. The maximum Gasteiger partial charge on any atom is 0.106 e. The summed E-state index contributed by atoms with van der Waals surface area (Å²) in [6, 6.07) is 15.5. The highest BCUT2D eigenvalue weighted by Crippen LogP contribution is 2.50. The lowest BCUT2D eigenvalue weighted by atomic mass is 9.90. The molecule has 2 heterocycles. The van der Waals surface area contributed by atoms with Crippen LogP contribution in [0.2, 0.25) is 0 Å². The van der Waals surface area contributed by atoms with Crippen LogP contribution >= 0.6 is 11.8 Å². The first kappa shape index (κ1) is 15.8. The molecule has 0 aromatic heterocycles. The lowest BCUT2D eigenvalue weighted by Gasteiger charge is -2.27. The number of rotatable bonds is 4. The predicted octanol–water partition coefficient (Wildman–Crippen LogP) is 5.67. The zero-order valence-corrected chi connectivity index (χ0v) is 15.1. The van der Waals surface area contributed by atoms with E-state index in [-0.39, 0.29) is 0 Å². The standard InChI is InChI=1S/C21H23NOS/c1-3-19(22-23-2)21-18(13-17-10-11-20(21)24-17)16-9-8-14-6-4-5-7-15(14)12-16/h4-9,12,17,20H,3,10-11,13H2,1-2H3. The van der Waals surface area contributed by atoms with Crippen LogP contribution in [0.3, 0.4) is 0 Å². The molecule has 0 aliphatic carbocycles. The average molecular weight is 337 g/mol. The molecule has 24 heavy (non-hydrogen) atoms. The Hall–Kier alpha value is -1.74. The topological polar surface area (TPSA) is 21.6 Å². The Bertz CT molecular complexity index is 823. The second-order valence-corrected chi connectivity index (χ2v) is 8.06. The second-order valence-electron chi connectivity index (χ2n) is 6.56. The fraction of sp³-hybridized carbons (Fsp3) is 0.381. The summed E-state index contributed by atoms with van der Waals surface area (Å²) in [5, 5.41) is 8.33. The molecule has 0 amide bonds. The van der Waals surface area contributed by atoms with E-state index >= 15 is 0 Å². The van der Waals surface area contributed by atoms with E-state index in [1.165, 1.54) is 40.3 Å². The Balaban J connectivity index is 1.88. The van der Waals surface area contributed by atoms with Gasteiger partial charge in [-0.15, -0.1) is 11.8 Å². The van der Waals surface area contributed by atoms with E-state index in [2.05, 4.69) is 66.3 Å². The zero-order chi connectivity index (χ0) is 16.5. The van der Waals surface area contributed by atoms with Crippen molar-refractivity contribution in [2.24, 2.45) is 5.16 Å². The zero-order valence-electron chi connectivity index (χ0n) is 14.3. The third-order valence-corrected chi connectivity index (χ3v) is 6.72. The van der Waals surface area contributed by atoms with Crippen molar-refractivity contribution in [1.82, 2.24) is 0 Å². The molecule has 124 valence electrons. The van der Waals surface area contributed by atoms with Gasteiger partial charge in [-0.25, -0.2) is 0 Å². The molecular formula is C21H23NOS. The Labute approximate surface area is 148 Å². The van der Waals surface area contributed by atoms with Crippen LogP contribution in [0.5, 0.6) is 0 Å². The SMILES string of the molecule is CCC(=NOC)C1=C(c2ccc3ccccc3c2)CC2CCC1S2. The van der Waals surface area contributed by atoms with Gasteiger partial charge < -0.3 is 4.84 Å². The number of benzene rings is 2.